The summed E-state index contributed by atoms with van der Waals surface area (Å²) in [5.74, 6) is 1.77. The first-order chi connectivity index (χ1) is 9.81. The Morgan fingerprint density at radius 1 is 1.00 bits per heavy atom. The highest BCUT2D eigenvalue weighted by atomic mass is 16.5. The fourth-order valence-electron chi connectivity index (χ4n) is 2.47. The number of benzene rings is 2. The minimum atomic E-state index is 0.664. The molecule has 1 heterocycles. The Morgan fingerprint density at radius 2 is 1.85 bits per heavy atom. The Bertz CT molecular complexity index is 725. The van der Waals surface area contributed by atoms with Crippen LogP contribution in [0.5, 0.6) is 5.75 Å². The molecule has 0 atom stereocenters. The monoisotopic (exact) mass is 266 g/mol. The summed E-state index contributed by atoms with van der Waals surface area (Å²) in [4.78, 5) is 0. The van der Waals surface area contributed by atoms with Crippen molar-refractivity contribution in [2.45, 2.75) is 20.3 Å². The molecule has 3 rings (SSSR count). The van der Waals surface area contributed by atoms with E-state index in [0.717, 1.165) is 28.9 Å². The van der Waals surface area contributed by atoms with Gasteiger partial charge in [-0.2, -0.15) is 0 Å². The lowest BCUT2D eigenvalue weighted by atomic mass is 10.0. The summed E-state index contributed by atoms with van der Waals surface area (Å²) in [7, 11) is 0. The molecule has 20 heavy (non-hydrogen) atoms. The summed E-state index contributed by atoms with van der Waals surface area (Å²) < 4.78 is 11.5. The van der Waals surface area contributed by atoms with Gasteiger partial charge < -0.3 is 9.15 Å². The number of furan rings is 1. The zero-order chi connectivity index (χ0) is 13.9. The van der Waals surface area contributed by atoms with Crippen molar-refractivity contribution < 1.29 is 9.15 Å². The topological polar surface area (TPSA) is 22.4 Å². The fraction of sp³-hybridized carbons (Fsp3) is 0.222. The van der Waals surface area contributed by atoms with Gasteiger partial charge in [0, 0.05) is 17.0 Å². The van der Waals surface area contributed by atoms with Crippen molar-refractivity contribution in [2.24, 2.45) is 0 Å². The molecule has 0 amide bonds. The van der Waals surface area contributed by atoms with E-state index in [-0.39, 0.29) is 0 Å². The molecule has 2 nitrogen and oxygen atoms in total. The Hall–Kier alpha value is -2.22. The molecule has 3 aromatic rings. The van der Waals surface area contributed by atoms with Crippen LogP contribution in [0.4, 0.5) is 0 Å². The van der Waals surface area contributed by atoms with Crippen molar-refractivity contribution in [2.75, 3.05) is 6.61 Å². The van der Waals surface area contributed by atoms with Crippen LogP contribution in [0, 0.1) is 0 Å². The van der Waals surface area contributed by atoms with Crippen LogP contribution in [-0.2, 0) is 6.42 Å². The maximum absolute atomic E-state index is 6.00. The third-order valence-electron chi connectivity index (χ3n) is 3.47. The summed E-state index contributed by atoms with van der Waals surface area (Å²) in [6.45, 7) is 4.81. The van der Waals surface area contributed by atoms with Gasteiger partial charge in [-0.05, 0) is 37.1 Å². The Balaban J connectivity index is 2.08. The van der Waals surface area contributed by atoms with Crippen LogP contribution in [0.1, 0.15) is 19.4 Å². The van der Waals surface area contributed by atoms with Crippen molar-refractivity contribution in [1.29, 1.82) is 0 Å². The van der Waals surface area contributed by atoms with Crippen molar-refractivity contribution in [3.63, 3.8) is 0 Å². The molecule has 0 aliphatic rings. The van der Waals surface area contributed by atoms with E-state index in [1.165, 1.54) is 11.1 Å². The van der Waals surface area contributed by atoms with Gasteiger partial charge in [0.1, 0.15) is 17.1 Å². The standard InChI is InChI=1S/C18H18O2/c1-3-13-7-5-6-8-16(13)18-11-14-9-10-15(19-4-2)12-17(14)20-18/h5-12H,3-4H2,1-2H3. The van der Waals surface area contributed by atoms with Crippen LogP contribution in [0.15, 0.2) is 52.9 Å². The average Bonchev–Trinajstić information content (AvgIpc) is 2.90. The second kappa shape index (κ2) is 5.41. The van der Waals surface area contributed by atoms with Crippen LogP contribution in [-0.4, -0.2) is 6.61 Å². The summed E-state index contributed by atoms with van der Waals surface area (Å²) in [6.07, 6.45) is 0.997. The Morgan fingerprint density at radius 3 is 2.65 bits per heavy atom. The van der Waals surface area contributed by atoms with E-state index < -0.39 is 0 Å². The van der Waals surface area contributed by atoms with E-state index >= 15 is 0 Å². The van der Waals surface area contributed by atoms with Gasteiger partial charge >= 0.3 is 0 Å². The molecule has 102 valence electrons. The number of aryl methyl sites for hydroxylation is 1. The smallest absolute Gasteiger partial charge is 0.138 e. The van der Waals surface area contributed by atoms with E-state index in [9.17, 15) is 0 Å². The number of hydrogen-bond acceptors (Lipinski definition) is 2. The number of rotatable bonds is 4. The third kappa shape index (κ3) is 2.29. The van der Waals surface area contributed by atoms with Gasteiger partial charge in [-0.3, -0.25) is 0 Å². The summed E-state index contributed by atoms with van der Waals surface area (Å²) in [5, 5.41) is 1.11. The second-order valence-corrected chi connectivity index (χ2v) is 4.75. The van der Waals surface area contributed by atoms with Crippen molar-refractivity contribution in [3.8, 4) is 17.1 Å². The maximum Gasteiger partial charge on any atom is 0.138 e. The highest BCUT2D eigenvalue weighted by Gasteiger charge is 2.10. The van der Waals surface area contributed by atoms with Crippen molar-refractivity contribution >= 4 is 11.0 Å². The van der Waals surface area contributed by atoms with Crippen molar-refractivity contribution in [3.05, 3.63) is 54.1 Å². The fourth-order valence-corrected chi connectivity index (χ4v) is 2.47. The third-order valence-corrected chi connectivity index (χ3v) is 3.47. The highest BCUT2D eigenvalue weighted by molar-refractivity contribution is 5.84. The quantitative estimate of drug-likeness (QED) is 0.658. The highest BCUT2D eigenvalue weighted by Crippen LogP contribution is 2.32. The molecule has 0 saturated carbocycles. The second-order valence-electron chi connectivity index (χ2n) is 4.75. The van der Waals surface area contributed by atoms with Crippen LogP contribution < -0.4 is 4.74 Å². The molecule has 0 aliphatic carbocycles. The van der Waals surface area contributed by atoms with Gasteiger partial charge in [-0.15, -0.1) is 0 Å². The molecule has 0 fully saturated rings. The van der Waals surface area contributed by atoms with Gasteiger partial charge in [0.05, 0.1) is 6.61 Å². The lowest BCUT2D eigenvalue weighted by Gasteiger charge is -2.03. The van der Waals surface area contributed by atoms with Crippen LogP contribution >= 0.6 is 0 Å². The zero-order valence-corrected chi connectivity index (χ0v) is 11.8. The Labute approximate surface area is 119 Å². The largest absolute Gasteiger partial charge is 0.494 e. The van der Waals surface area contributed by atoms with Crippen LogP contribution in [0.25, 0.3) is 22.3 Å². The average molecular weight is 266 g/mol. The predicted octanol–water partition coefficient (Wildman–Crippen LogP) is 5.06. The van der Waals surface area contributed by atoms with E-state index in [0.29, 0.717) is 6.61 Å². The van der Waals surface area contributed by atoms with E-state index in [1.54, 1.807) is 0 Å². The maximum atomic E-state index is 6.00. The predicted molar refractivity (Wildman–Crippen MR) is 82.2 cm³/mol. The van der Waals surface area contributed by atoms with E-state index in [2.05, 4.69) is 31.2 Å². The first-order valence-corrected chi connectivity index (χ1v) is 7.06. The first-order valence-electron chi connectivity index (χ1n) is 7.06. The number of ether oxygens (including phenoxy) is 1. The van der Waals surface area contributed by atoms with Crippen LogP contribution in [0.3, 0.4) is 0 Å². The van der Waals surface area contributed by atoms with E-state index in [1.807, 2.05) is 31.2 Å². The van der Waals surface area contributed by atoms with Gasteiger partial charge in [0.2, 0.25) is 0 Å². The molecule has 0 N–H and O–H groups in total. The molecule has 0 bridgehead atoms. The minimum absolute atomic E-state index is 0.664. The van der Waals surface area contributed by atoms with Crippen LogP contribution in [0.2, 0.25) is 0 Å². The van der Waals surface area contributed by atoms with Gasteiger partial charge in [-0.1, -0.05) is 31.2 Å². The molecule has 2 aromatic carbocycles. The molecule has 0 spiro atoms. The zero-order valence-electron chi connectivity index (χ0n) is 11.8. The summed E-state index contributed by atoms with van der Waals surface area (Å²) in [5.41, 5.74) is 3.35. The Kier molecular flexibility index (Phi) is 3.46. The molecule has 1 aromatic heterocycles. The molecule has 0 aliphatic heterocycles. The van der Waals surface area contributed by atoms with Gasteiger partial charge in [-0.25, -0.2) is 0 Å². The van der Waals surface area contributed by atoms with Crippen molar-refractivity contribution in [1.82, 2.24) is 0 Å². The van der Waals surface area contributed by atoms with E-state index in [4.69, 9.17) is 9.15 Å². The molecule has 0 radical (unpaired) electrons. The lowest BCUT2D eigenvalue weighted by molar-refractivity contribution is 0.340. The molecule has 0 saturated heterocycles. The number of hydrogen-bond donors (Lipinski definition) is 0. The lowest BCUT2D eigenvalue weighted by Crippen LogP contribution is -1.89. The van der Waals surface area contributed by atoms with Gasteiger partial charge in [0.25, 0.3) is 0 Å². The summed E-state index contributed by atoms with van der Waals surface area (Å²) >= 11 is 0. The van der Waals surface area contributed by atoms with Gasteiger partial charge in [0.15, 0.2) is 0 Å². The summed E-state index contributed by atoms with van der Waals surface area (Å²) in [6, 6.07) is 16.5. The molecular formula is C18H18O2. The molecule has 2 heteroatoms. The molecule has 0 unspecified atom stereocenters. The normalized spacial score (nSPS) is 10.9. The minimum Gasteiger partial charge on any atom is -0.494 e. The first kappa shape index (κ1) is 12.8. The number of fused-ring (bicyclic) bond motifs is 1. The SMILES string of the molecule is CCOc1ccc2cc(-c3ccccc3CC)oc2c1. The molecular weight excluding hydrogens is 248 g/mol.